The summed E-state index contributed by atoms with van der Waals surface area (Å²) < 4.78 is 49.1. The molecule has 2 aliphatic rings. The van der Waals surface area contributed by atoms with E-state index in [0.717, 1.165) is 19.3 Å². The van der Waals surface area contributed by atoms with E-state index in [0.29, 0.717) is 25.6 Å². The van der Waals surface area contributed by atoms with Gasteiger partial charge in [0.25, 0.3) is 0 Å². The molecule has 2 heterocycles. The molecule has 6 nitrogen and oxygen atoms in total. The molecule has 0 bridgehead atoms. The quantitative estimate of drug-likeness (QED) is 0.759. The highest BCUT2D eigenvalue weighted by atomic mass is 32.2. The summed E-state index contributed by atoms with van der Waals surface area (Å²) in [6.45, 7) is 1.64. The standard InChI is InChI=1S/C11H22N2O4S2/c12-5-1-10-2-6-13(7-3-10)19(16,17)11-4-8-18(14,15)9-11/h10-11H,1-9,12H2. The van der Waals surface area contributed by atoms with Crippen LogP contribution in [0.25, 0.3) is 0 Å². The van der Waals surface area contributed by atoms with Gasteiger partial charge in [0.2, 0.25) is 10.0 Å². The van der Waals surface area contributed by atoms with E-state index in [1.807, 2.05) is 0 Å². The first-order valence-corrected chi connectivity index (χ1v) is 10.1. The molecule has 0 aromatic rings. The highest BCUT2D eigenvalue weighted by Gasteiger charge is 2.41. The minimum absolute atomic E-state index is 0.000531. The van der Waals surface area contributed by atoms with Gasteiger partial charge in [0.1, 0.15) is 0 Å². The Morgan fingerprint density at radius 1 is 1.16 bits per heavy atom. The lowest BCUT2D eigenvalue weighted by molar-refractivity contribution is 0.264. The normalized spacial score (nSPS) is 29.6. The van der Waals surface area contributed by atoms with Crippen LogP contribution in [0, 0.1) is 5.92 Å². The van der Waals surface area contributed by atoms with Crippen molar-refractivity contribution in [3.8, 4) is 0 Å². The number of nitrogens with two attached hydrogens (primary N) is 1. The van der Waals surface area contributed by atoms with Crippen LogP contribution in [0.15, 0.2) is 0 Å². The molecule has 2 fully saturated rings. The van der Waals surface area contributed by atoms with Gasteiger partial charge in [-0.3, -0.25) is 0 Å². The van der Waals surface area contributed by atoms with Crippen molar-refractivity contribution < 1.29 is 16.8 Å². The van der Waals surface area contributed by atoms with Crippen LogP contribution in [-0.4, -0.2) is 57.5 Å². The Morgan fingerprint density at radius 2 is 1.79 bits per heavy atom. The number of sulfone groups is 1. The number of hydrogen-bond donors (Lipinski definition) is 1. The summed E-state index contributed by atoms with van der Waals surface area (Å²) in [5.74, 6) is 0.294. The Morgan fingerprint density at radius 3 is 2.26 bits per heavy atom. The highest BCUT2D eigenvalue weighted by molar-refractivity contribution is 7.95. The van der Waals surface area contributed by atoms with Crippen molar-refractivity contribution in [2.45, 2.75) is 30.9 Å². The molecule has 0 aromatic carbocycles. The molecule has 1 atom stereocenters. The lowest BCUT2D eigenvalue weighted by Gasteiger charge is -2.32. The summed E-state index contributed by atoms with van der Waals surface area (Å²) >= 11 is 0. The maximum absolute atomic E-state index is 12.4. The van der Waals surface area contributed by atoms with E-state index < -0.39 is 25.1 Å². The monoisotopic (exact) mass is 310 g/mol. The largest absolute Gasteiger partial charge is 0.330 e. The third-order valence-corrected chi connectivity index (χ3v) is 8.43. The minimum atomic E-state index is -3.45. The van der Waals surface area contributed by atoms with E-state index in [1.165, 1.54) is 4.31 Å². The zero-order valence-corrected chi connectivity index (χ0v) is 12.6. The molecule has 0 saturated carbocycles. The summed E-state index contributed by atoms with van der Waals surface area (Å²) in [6, 6.07) is 0. The molecule has 8 heteroatoms. The average molecular weight is 310 g/mol. The Balaban J connectivity index is 1.98. The fourth-order valence-electron chi connectivity index (χ4n) is 2.89. The molecule has 2 rings (SSSR count). The van der Waals surface area contributed by atoms with Crippen molar-refractivity contribution in [3.63, 3.8) is 0 Å². The first-order chi connectivity index (χ1) is 8.85. The number of rotatable bonds is 4. The van der Waals surface area contributed by atoms with Gasteiger partial charge >= 0.3 is 0 Å². The number of sulfonamides is 1. The molecule has 1 unspecified atom stereocenters. The molecule has 0 radical (unpaired) electrons. The Hall–Kier alpha value is -0.180. The molecule has 0 amide bonds. The van der Waals surface area contributed by atoms with Crippen LogP contribution in [0.5, 0.6) is 0 Å². The molecule has 2 saturated heterocycles. The SMILES string of the molecule is NCCC1CCN(S(=O)(=O)C2CCS(=O)(=O)C2)CC1. The number of hydrogen-bond acceptors (Lipinski definition) is 5. The lowest BCUT2D eigenvalue weighted by atomic mass is 9.95. The first-order valence-electron chi connectivity index (χ1n) is 6.74. The Labute approximate surface area is 115 Å². The topological polar surface area (TPSA) is 97.5 Å². The van der Waals surface area contributed by atoms with Crippen molar-refractivity contribution in [2.24, 2.45) is 11.7 Å². The van der Waals surface area contributed by atoms with Crippen molar-refractivity contribution in [1.82, 2.24) is 4.31 Å². The average Bonchev–Trinajstić information content (AvgIpc) is 2.71. The minimum Gasteiger partial charge on any atom is -0.330 e. The number of nitrogens with zero attached hydrogens (tertiary/aromatic N) is 1. The molecule has 112 valence electrons. The molecular weight excluding hydrogens is 288 g/mol. The maximum atomic E-state index is 12.4. The zero-order chi connectivity index (χ0) is 14.1. The van der Waals surface area contributed by atoms with E-state index in [9.17, 15) is 16.8 Å². The Bertz CT molecular complexity index is 507. The van der Waals surface area contributed by atoms with Crippen LogP contribution in [0.3, 0.4) is 0 Å². The van der Waals surface area contributed by atoms with E-state index in [-0.39, 0.29) is 17.9 Å². The molecule has 2 aliphatic heterocycles. The maximum Gasteiger partial charge on any atom is 0.218 e. The lowest BCUT2D eigenvalue weighted by Crippen LogP contribution is -2.44. The smallest absolute Gasteiger partial charge is 0.218 e. The van der Waals surface area contributed by atoms with Gasteiger partial charge in [0.15, 0.2) is 9.84 Å². The van der Waals surface area contributed by atoms with Crippen LogP contribution >= 0.6 is 0 Å². The summed E-state index contributed by atoms with van der Waals surface area (Å²) in [5, 5.41) is -0.733. The van der Waals surface area contributed by atoms with Gasteiger partial charge in [0.05, 0.1) is 16.8 Å². The van der Waals surface area contributed by atoms with Crippen LogP contribution in [0.4, 0.5) is 0 Å². The second kappa shape index (κ2) is 5.67. The summed E-state index contributed by atoms with van der Waals surface area (Å²) in [6.07, 6.45) is 2.84. The second-order valence-corrected chi connectivity index (χ2v) is 9.93. The summed E-state index contributed by atoms with van der Waals surface area (Å²) in [5.41, 5.74) is 5.51. The van der Waals surface area contributed by atoms with Gasteiger partial charge in [-0.2, -0.15) is 0 Å². The van der Waals surface area contributed by atoms with Crippen molar-refractivity contribution in [1.29, 1.82) is 0 Å². The predicted molar refractivity (Wildman–Crippen MR) is 73.9 cm³/mol. The first kappa shape index (κ1) is 15.2. The van der Waals surface area contributed by atoms with Crippen LogP contribution in [-0.2, 0) is 19.9 Å². The van der Waals surface area contributed by atoms with Crippen LogP contribution in [0.1, 0.15) is 25.7 Å². The third-order valence-electron chi connectivity index (χ3n) is 4.12. The van der Waals surface area contributed by atoms with Gasteiger partial charge < -0.3 is 5.73 Å². The van der Waals surface area contributed by atoms with E-state index >= 15 is 0 Å². The van der Waals surface area contributed by atoms with E-state index in [1.54, 1.807) is 0 Å². The fourth-order valence-corrected chi connectivity index (χ4v) is 7.45. The molecule has 0 spiro atoms. The third kappa shape index (κ3) is 3.48. The second-order valence-electron chi connectivity index (χ2n) is 5.49. The van der Waals surface area contributed by atoms with Crippen molar-refractivity contribution >= 4 is 19.9 Å². The van der Waals surface area contributed by atoms with Crippen LogP contribution < -0.4 is 5.73 Å². The van der Waals surface area contributed by atoms with Gasteiger partial charge in [-0.1, -0.05) is 0 Å². The molecule has 0 aromatic heterocycles. The van der Waals surface area contributed by atoms with Crippen LogP contribution in [0.2, 0.25) is 0 Å². The zero-order valence-electron chi connectivity index (χ0n) is 11.0. The summed E-state index contributed by atoms with van der Waals surface area (Å²) in [4.78, 5) is 0. The van der Waals surface area contributed by atoms with Gasteiger partial charge in [-0.05, 0) is 38.1 Å². The Kier molecular flexibility index (Phi) is 4.54. The molecule has 2 N–H and O–H groups in total. The molecule has 0 aliphatic carbocycles. The van der Waals surface area contributed by atoms with E-state index in [2.05, 4.69) is 0 Å². The van der Waals surface area contributed by atoms with E-state index in [4.69, 9.17) is 5.73 Å². The van der Waals surface area contributed by atoms with Crippen molar-refractivity contribution in [3.05, 3.63) is 0 Å². The van der Waals surface area contributed by atoms with Gasteiger partial charge in [-0.25, -0.2) is 21.1 Å². The highest BCUT2D eigenvalue weighted by Crippen LogP contribution is 2.27. The summed E-state index contributed by atoms with van der Waals surface area (Å²) in [7, 11) is -6.61. The molecular formula is C11H22N2O4S2. The van der Waals surface area contributed by atoms with Gasteiger partial charge in [0, 0.05) is 13.1 Å². The molecule has 19 heavy (non-hydrogen) atoms. The predicted octanol–water partition coefficient (Wildman–Crippen LogP) is -0.436. The van der Waals surface area contributed by atoms with Gasteiger partial charge in [-0.15, -0.1) is 0 Å². The number of piperidine rings is 1. The van der Waals surface area contributed by atoms with Crippen molar-refractivity contribution in [2.75, 3.05) is 31.1 Å². The fraction of sp³-hybridized carbons (Fsp3) is 1.00.